The van der Waals surface area contributed by atoms with E-state index in [0.29, 0.717) is 35.7 Å². The second kappa shape index (κ2) is 9.79. The quantitative estimate of drug-likeness (QED) is 0.580. The van der Waals surface area contributed by atoms with Gasteiger partial charge in [0.2, 0.25) is 5.90 Å². The van der Waals surface area contributed by atoms with E-state index in [1.54, 1.807) is 6.07 Å². The molecule has 6 heteroatoms. The molecule has 0 saturated heterocycles. The van der Waals surface area contributed by atoms with E-state index in [9.17, 15) is 4.79 Å². The third-order valence-corrected chi connectivity index (χ3v) is 3.47. The summed E-state index contributed by atoms with van der Waals surface area (Å²) in [6.45, 7) is 7.35. The van der Waals surface area contributed by atoms with Gasteiger partial charge in [0.05, 0.1) is 6.61 Å². The number of aliphatic imine (C=N–C) groups is 2. The summed E-state index contributed by atoms with van der Waals surface area (Å²) < 4.78 is 5.55. The van der Waals surface area contributed by atoms with Gasteiger partial charge in [-0.05, 0) is 31.7 Å². The van der Waals surface area contributed by atoms with Crippen molar-refractivity contribution in [1.29, 1.82) is 0 Å². The summed E-state index contributed by atoms with van der Waals surface area (Å²) in [6.07, 6.45) is 1.07. The fourth-order valence-electron chi connectivity index (χ4n) is 2.06. The van der Waals surface area contributed by atoms with Gasteiger partial charge in [0, 0.05) is 22.7 Å². The van der Waals surface area contributed by atoms with Crippen LogP contribution in [0.5, 0.6) is 0 Å². The summed E-state index contributed by atoms with van der Waals surface area (Å²) in [5, 5.41) is 9.49. The summed E-state index contributed by atoms with van der Waals surface area (Å²) in [7, 11) is 0. The first-order chi connectivity index (χ1) is 11.0. The van der Waals surface area contributed by atoms with Crippen LogP contribution in [0.25, 0.3) is 0 Å². The predicted octanol–water partition coefficient (Wildman–Crippen LogP) is 3.77. The lowest BCUT2D eigenvalue weighted by molar-refractivity contribution is -0.135. The molecular weight excluding hydrogens is 316 g/mol. The number of hydrogen-bond acceptors (Lipinski definition) is 4. The minimum Gasteiger partial charge on any atom is -0.480 e. The monoisotopic (exact) mass is 336 g/mol. The molecule has 0 aliphatic carbocycles. The number of allylic oxidation sites excluding steroid dienone is 1. The van der Waals surface area contributed by atoms with Gasteiger partial charge in [0.25, 0.3) is 0 Å². The van der Waals surface area contributed by atoms with E-state index in [4.69, 9.17) is 21.4 Å². The predicted molar refractivity (Wildman–Crippen MR) is 93.6 cm³/mol. The van der Waals surface area contributed by atoms with Gasteiger partial charge in [-0.15, -0.1) is 0 Å². The van der Waals surface area contributed by atoms with Gasteiger partial charge in [-0.1, -0.05) is 36.7 Å². The molecule has 5 nitrogen and oxygen atoms in total. The first-order valence-corrected chi connectivity index (χ1v) is 7.72. The van der Waals surface area contributed by atoms with E-state index >= 15 is 0 Å². The Balaban J connectivity index is 3.31. The van der Waals surface area contributed by atoms with Crippen molar-refractivity contribution in [2.75, 3.05) is 13.2 Å². The summed E-state index contributed by atoms with van der Waals surface area (Å²) >= 11 is 6.23. The van der Waals surface area contributed by atoms with Gasteiger partial charge in [-0.25, -0.2) is 4.99 Å². The van der Waals surface area contributed by atoms with Crippen LogP contribution in [-0.4, -0.2) is 36.8 Å². The Labute approximate surface area is 141 Å². The van der Waals surface area contributed by atoms with Crippen LogP contribution >= 0.6 is 11.6 Å². The lowest BCUT2D eigenvalue weighted by Crippen LogP contribution is -2.15. The van der Waals surface area contributed by atoms with E-state index in [1.165, 1.54) is 0 Å². The Morgan fingerprint density at radius 1 is 1.35 bits per heavy atom. The number of benzene rings is 1. The average molecular weight is 337 g/mol. The molecule has 0 spiro atoms. The highest BCUT2D eigenvalue weighted by Crippen LogP contribution is 2.23. The van der Waals surface area contributed by atoms with Crippen molar-refractivity contribution < 1.29 is 14.6 Å². The van der Waals surface area contributed by atoms with Crippen LogP contribution in [0.4, 0.5) is 0 Å². The number of aliphatic carboxylic acids is 1. The number of carbonyl (C=O) groups is 1. The standard InChI is InChI=1S/C17H21ClN2O3/c1-4-15(19-3)13(10-12-8-6-7-9-14(12)18)17(23-5-2)20-11-16(21)22/h6-9H,3-5,10-11H2,1-2H3,(H,21,22)/b15-13-,20-17?. The molecule has 0 saturated carbocycles. The van der Waals surface area contributed by atoms with Gasteiger partial charge < -0.3 is 9.84 Å². The van der Waals surface area contributed by atoms with E-state index in [-0.39, 0.29) is 12.4 Å². The fraction of sp³-hybridized carbons (Fsp3) is 0.353. The third kappa shape index (κ3) is 5.87. The number of carboxylic acid groups (broad SMARTS) is 1. The summed E-state index contributed by atoms with van der Waals surface area (Å²) in [4.78, 5) is 18.9. The Hall–Kier alpha value is -2.14. The van der Waals surface area contributed by atoms with Gasteiger partial charge >= 0.3 is 5.97 Å². The fourth-order valence-corrected chi connectivity index (χ4v) is 2.26. The lowest BCUT2D eigenvalue weighted by Gasteiger charge is -2.15. The van der Waals surface area contributed by atoms with Gasteiger partial charge in [0.1, 0.15) is 6.54 Å². The molecule has 1 aromatic rings. The number of halogens is 1. The van der Waals surface area contributed by atoms with Crippen molar-refractivity contribution >= 4 is 30.2 Å². The van der Waals surface area contributed by atoms with Crippen LogP contribution in [0.3, 0.4) is 0 Å². The van der Waals surface area contributed by atoms with Gasteiger partial charge in [-0.2, -0.15) is 0 Å². The number of rotatable bonds is 8. The van der Waals surface area contributed by atoms with Gasteiger partial charge in [-0.3, -0.25) is 9.79 Å². The molecule has 0 radical (unpaired) electrons. The molecule has 0 bridgehead atoms. The van der Waals surface area contributed by atoms with Crippen LogP contribution in [-0.2, 0) is 16.0 Å². The van der Waals surface area contributed by atoms with Gasteiger partial charge in [0.15, 0.2) is 0 Å². The molecule has 0 amide bonds. The van der Waals surface area contributed by atoms with Crippen LogP contribution in [0.2, 0.25) is 5.02 Å². The first kappa shape index (κ1) is 18.9. The minimum atomic E-state index is -1.02. The van der Waals surface area contributed by atoms with Crippen molar-refractivity contribution in [1.82, 2.24) is 0 Å². The highest BCUT2D eigenvalue weighted by Gasteiger charge is 2.16. The maximum absolute atomic E-state index is 10.8. The molecule has 124 valence electrons. The maximum atomic E-state index is 10.8. The molecule has 0 aliphatic rings. The lowest BCUT2D eigenvalue weighted by atomic mass is 10.0. The molecule has 1 N–H and O–H groups in total. The molecule has 0 fully saturated rings. The van der Waals surface area contributed by atoms with Crippen LogP contribution < -0.4 is 0 Å². The zero-order valence-corrected chi connectivity index (χ0v) is 14.1. The first-order valence-electron chi connectivity index (χ1n) is 7.34. The second-order valence-corrected chi connectivity index (χ2v) is 5.06. The largest absolute Gasteiger partial charge is 0.480 e. The van der Waals surface area contributed by atoms with Crippen molar-refractivity contribution in [3.05, 3.63) is 46.1 Å². The number of ether oxygens (including phenoxy) is 1. The van der Waals surface area contributed by atoms with Crippen molar-refractivity contribution in [3.63, 3.8) is 0 Å². The molecule has 0 atom stereocenters. The number of nitrogens with zero attached hydrogens (tertiary/aromatic N) is 2. The van der Waals surface area contributed by atoms with E-state index < -0.39 is 5.97 Å². The van der Waals surface area contributed by atoms with Crippen molar-refractivity contribution in [3.8, 4) is 0 Å². The second-order valence-electron chi connectivity index (χ2n) is 4.65. The molecular formula is C17H21ClN2O3. The zero-order valence-electron chi connectivity index (χ0n) is 13.4. The van der Waals surface area contributed by atoms with E-state index in [0.717, 1.165) is 5.56 Å². The molecule has 0 unspecified atom stereocenters. The smallest absolute Gasteiger partial charge is 0.325 e. The Bertz CT molecular complexity index is 624. The van der Waals surface area contributed by atoms with Crippen LogP contribution in [0, 0.1) is 0 Å². The maximum Gasteiger partial charge on any atom is 0.325 e. The van der Waals surface area contributed by atoms with Crippen molar-refractivity contribution in [2.45, 2.75) is 26.7 Å². The Kier molecular flexibility index (Phi) is 8.05. The van der Waals surface area contributed by atoms with Crippen LogP contribution in [0.1, 0.15) is 25.8 Å². The summed E-state index contributed by atoms with van der Waals surface area (Å²) in [5.74, 6) is -0.747. The number of carboxylic acids is 1. The van der Waals surface area contributed by atoms with E-state index in [2.05, 4.69) is 16.7 Å². The molecule has 1 rings (SSSR count). The summed E-state index contributed by atoms with van der Waals surface area (Å²) in [6, 6.07) is 7.44. The highest BCUT2D eigenvalue weighted by atomic mass is 35.5. The number of hydrogen-bond donors (Lipinski definition) is 1. The minimum absolute atomic E-state index is 0.277. The van der Waals surface area contributed by atoms with Crippen molar-refractivity contribution in [2.24, 2.45) is 9.98 Å². The molecule has 1 aromatic carbocycles. The normalized spacial score (nSPS) is 12.6. The zero-order chi connectivity index (χ0) is 17.2. The molecule has 0 aliphatic heterocycles. The van der Waals surface area contributed by atoms with E-state index in [1.807, 2.05) is 32.0 Å². The Morgan fingerprint density at radius 3 is 2.57 bits per heavy atom. The molecule has 0 heterocycles. The SMILES string of the molecule is C=N/C(CC)=C(/Cc1ccccc1Cl)C(=NCC(=O)O)OCC. The average Bonchev–Trinajstić information content (AvgIpc) is 2.53. The Morgan fingerprint density at radius 2 is 2.04 bits per heavy atom. The molecule has 0 aromatic heterocycles. The van der Waals surface area contributed by atoms with Crippen LogP contribution in [0.15, 0.2) is 45.5 Å². The molecule has 23 heavy (non-hydrogen) atoms. The third-order valence-electron chi connectivity index (χ3n) is 3.10. The summed E-state index contributed by atoms with van der Waals surface area (Å²) in [5.41, 5.74) is 2.31. The topological polar surface area (TPSA) is 71.2 Å². The highest BCUT2D eigenvalue weighted by molar-refractivity contribution is 6.31.